The Morgan fingerprint density at radius 3 is 2.20 bits per heavy atom. The lowest BCUT2D eigenvalue weighted by atomic mass is 9.49. The van der Waals surface area contributed by atoms with Crippen molar-refractivity contribution >= 4 is 24.2 Å². The van der Waals surface area contributed by atoms with Crippen LogP contribution in [0.15, 0.2) is 24.3 Å². The van der Waals surface area contributed by atoms with Crippen LogP contribution in [0.2, 0.25) is 0 Å². The second-order valence-electron chi connectivity index (χ2n) is 10.1. The summed E-state index contributed by atoms with van der Waals surface area (Å²) < 4.78 is 0. The van der Waals surface area contributed by atoms with E-state index < -0.39 is 0 Å². The first-order valence-corrected chi connectivity index (χ1v) is 11.5. The van der Waals surface area contributed by atoms with E-state index in [0.29, 0.717) is 12.1 Å². The fourth-order valence-corrected chi connectivity index (χ4v) is 6.78. The number of nitrogens with one attached hydrogen (secondary N) is 3. The van der Waals surface area contributed by atoms with Gasteiger partial charge in [-0.1, -0.05) is 12.1 Å². The van der Waals surface area contributed by atoms with Crippen molar-refractivity contribution in [1.29, 1.82) is 0 Å². The van der Waals surface area contributed by atoms with Gasteiger partial charge in [-0.25, -0.2) is 0 Å². The Bertz CT molecular complexity index is 738. The Kier molecular flexibility index (Phi) is 6.40. The summed E-state index contributed by atoms with van der Waals surface area (Å²) in [6.07, 6.45) is 9.49. The first-order valence-electron chi connectivity index (χ1n) is 11.5. The molecule has 0 spiro atoms. The van der Waals surface area contributed by atoms with Crippen LogP contribution in [0.5, 0.6) is 0 Å². The van der Waals surface area contributed by atoms with Crippen LogP contribution in [0.1, 0.15) is 67.3 Å². The van der Waals surface area contributed by atoms with E-state index in [1.807, 2.05) is 24.3 Å². The molecule has 3 N–H and O–H groups in total. The summed E-state index contributed by atoms with van der Waals surface area (Å²) in [5, 5.41) is 9.65. The van der Waals surface area contributed by atoms with Crippen molar-refractivity contribution in [2.45, 2.75) is 64.0 Å². The minimum absolute atomic E-state index is 0. The highest BCUT2D eigenvalue weighted by molar-refractivity contribution is 5.94. The van der Waals surface area contributed by atoms with Gasteiger partial charge >= 0.3 is 0 Å². The molecule has 1 aromatic carbocycles. The van der Waals surface area contributed by atoms with E-state index in [9.17, 15) is 9.59 Å². The molecule has 1 atom stereocenters. The third-order valence-electron chi connectivity index (χ3n) is 7.82. The maximum atomic E-state index is 13.1. The highest BCUT2D eigenvalue weighted by Crippen LogP contribution is 2.60. The first-order chi connectivity index (χ1) is 14.1. The van der Waals surface area contributed by atoms with Gasteiger partial charge in [-0.05, 0) is 93.4 Å². The predicted octanol–water partition coefficient (Wildman–Crippen LogP) is 3.42. The molecule has 164 valence electrons. The minimum Gasteiger partial charge on any atom is -0.352 e. The van der Waals surface area contributed by atoms with Gasteiger partial charge in [-0.2, -0.15) is 0 Å². The molecule has 30 heavy (non-hydrogen) atoms. The summed E-state index contributed by atoms with van der Waals surface area (Å²) in [6.45, 7) is 2.44. The van der Waals surface area contributed by atoms with Gasteiger partial charge in [0.15, 0.2) is 0 Å². The van der Waals surface area contributed by atoms with Crippen LogP contribution >= 0.6 is 12.4 Å². The molecule has 0 radical (unpaired) electrons. The first kappa shape index (κ1) is 21.6. The molecule has 6 rings (SSSR count). The summed E-state index contributed by atoms with van der Waals surface area (Å²) in [4.78, 5) is 25.5. The largest absolute Gasteiger partial charge is 0.352 e. The molecular weight excluding hydrogens is 398 g/mol. The number of carbonyl (C=O) groups is 2. The number of rotatable bonds is 5. The Hall–Kier alpha value is -1.59. The van der Waals surface area contributed by atoms with E-state index in [4.69, 9.17) is 0 Å². The maximum absolute atomic E-state index is 13.1. The number of halogens is 1. The van der Waals surface area contributed by atoms with E-state index in [1.54, 1.807) is 0 Å². The van der Waals surface area contributed by atoms with Gasteiger partial charge in [-0.3, -0.25) is 9.59 Å². The molecule has 0 aromatic heterocycles. The number of hydrogen-bond donors (Lipinski definition) is 3. The molecule has 4 aliphatic carbocycles. The number of benzene rings is 1. The van der Waals surface area contributed by atoms with Crippen LogP contribution in [-0.4, -0.2) is 30.9 Å². The highest BCUT2D eigenvalue weighted by atomic mass is 35.5. The van der Waals surface area contributed by atoms with Gasteiger partial charge in [-0.15, -0.1) is 12.4 Å². The molecule has 5 fully saturated rings. The Labute approximate surface area is 185 Å². The van der Waals surface area contributed by atoms with Crippen molar-refractivity contribution in [2.24, 2.45) is 23.2 Å². The molecule has 1 unspecified atom stereocenters. The van der Waals surface area contributed by atoms with Gasteiger partial charge in [0.1, 0.15) is 0 Å². The van der Waals surface area contributed by atoms with Gasteiger partial charge in [0.25, 0.3) is 5.91 Å². The highest BCUT2D eigenvalue weighted by Gasteiger charge is 2.54. The molecule has 4 bridgehead atoms. The molecule has 2 amide bonds. The van der Waals surface area contributed by atoms with E-state index >= 15 is 0 Å². The molecule has 1 saturated heterocycles. The molecule has 1 heterocycles. The maximum Gasteiger partial charge on any atom is 0.251 e. The van der Waals surface area contributed by atoms with Crippen molar-refractivity contribution in [3.8, 4) is 0 Å². The average Bonchev–Trinajstić information content (AvgIpc) is 2.72. The van der Waals surface area contributed by atoms with E-state index in [2.05, 4.69) is 16.0 Å². The second kappa shape index (κ2) is 8.88. The lowest BCUT2D eigenvalue weighted by Gasteiger charge is -2.55. The summed E-state index contributed by atoms with van der Waals surface area (Å²) in [5.41, 5.74) is 1.65. The fourth-order valence-electron chi connectivity index (χ4n) is 6.78. The number of hydrogen-bond acceptors (Lipinski definition) is 3. The Balaban J connectivity index is 0.00000218. The zero-order chi connectivity index (χ0) is 19.8. The molecule has 5 aliphatic rings. The lowest BCUT2D eigenvalue weighted by Crippen LogP contribution is -2.53. The fraction of sp³-hybridized carbons (Fsp3) is 0.667. The van der Waals surface area contributed by atoms with Crippen LogP contribution in [0, 0.1) is 23.2 Å². The van der Waals surface area contributed by atoms with Gasteiger partial charge in [0.2, 0.25) is 5.91 Å². The summed E-state index contributed by atoms with van der Waals surface area (Å²) in [6, 6.07) is 7.90. The van der Waals surface area contributed by atoms with Crippen LogP contribution in [0.25, 0.3) is 0 Å². The zero-order valence-electron chi connectivity index (χ0n) is 17.6. The van der Waals surface area contributed by atoms with Crippen molar-refractivity contribution in [2.75, 3.05) is 13.1 Å². The third-order valence-corrected chi connectivity index (χ3v) is 7.82. The van der Waals surface area contributed by atoms with Gasteiger partial charge < -0.3 is 16.0 Å². The monoisotopic (exact) mass is 431 g/mol. The van der Waals surface area contributed by atoms with E-state index in [0.717, 1.165) is 68.5 Å². The molecular formula is C24H34ClN3O2. The Morgan fingerprint density at radius 2 is 1.63 bits per heavy atom. The van der Waals surface area contributed by atoms with Crippen LogP contribution in [-0.2, 0) is 11.3 Å². The van der Waals surface area contributed by atoms with Crippen LogP contribution < -0.4 is 16.0 Å². The summed E-state index contributed by atoms with van der Waals surface area (Å²) >= 11 is 0. The number of piperidine rings is 1. The van der Waals surface area contributed by atoms with Crippen molar-refractivity contribution in [3.05, 3.63) is 35.4 Å². The number of amides is 2. The number of carbonyl (C=O) groups excluding carboxylic acids is 2. The van der Waals surface area contributed by atoms with E-state index in [-0.39, 0.29) is 35.7 Å². The van der Waals surface area contributed by atoms with Crippen LogP contribution in [0.4, 0.5) is 0 Å². The molecule has 6 heteroatoms. The normalized spacial score (nSPS) is 34.1. The zero-order valence-corrected chi connectivity index (χ0v) is 18.4. The lowest BCUT2D eigenvalue weighted by molar-refractivity contribution is -0.146. The molecule has 5 nitrogen and oxygen atoms in total. The third kappa shape index (κ3) is 4.38. The van der Waals surface area contributed by atoms with Crippen molar-refractivity contribution < 1.29 is 9.59 Å². The van der Waals surface area contributed by atoms with Crippen molar-refractivity contribution in [3.63, 3.8) is 0 Å². The van der Waals surface area contributed by atoms with Gasteiger partial charge in [0, 0.05) is 30.1 Å². The second-order valence-corrected chi connectivity index (χ2v) is 10.1. The SMILES string of the molecule is Cl.O=C(NC1CCCNC1)c1ccc(CNC(=O)C23CC4CC(CC(C4)C2)C3)cc1. The van der Waals surface area contributed by atoms with Gasteiger partial charge in [0.05, 0.1) is 0 Å². The predicted molar refractivity (Wildman–Crippen MR) is 119 cm³/mol. The molecule has 4 saturated carbocycles. The smallest absolute Gasteiger partial charge is 0.251 e. The molecule has 1 aliphatic heterocycles. The topological polar surface area (TPSA) is 70.2 Å². The van der Waals surface area contributed by atoms with E-state index in [1.165, 1.54) is 19.3 Å². The minimum atomic E-state index is -0.0946. The summed E-state index contributed by atoms with van der Waals surface area (Å²) in [5.74, 6) is 2.60. The quantitative estimate of drug-likeness (QED) is 0.669. The van der Waals surface area contributed by atoms with Crippen LogP contribution in [0.3, 0.4) is 0 Å². The Morgan fingerprint density at radius 1 is 1.00 bits per heavy atom. The summed E-state index contributed by atoms with van der Waals surface area (Å²) in [7, 11) is 0. The van der Waals surface area contributed by atoms with Crippen molar-refractivity contribution in [1.82, 2.24) is 16.0 Å². The average molecular weight is 432 g/mol. The molecule has 1 aromatic rings. The standard InChI is InChI=1S/C24H33N3O2.ClH/c28-22(27-21-2-1-7-25-15-21)20-5-3-16(4-6-20)14-26-23(29)24-11-17-8-18(12-24)10-19(9-17)13-24;/h3-6,17-19,21,25H,1-2,7-15H2,(H,26,29)(H,27,28);1H.